The van der Waals surface area contributed by atoms with Crippen LogP contribution in [0.2, 0.25) is 0 Å². The van der Waals surface area contributed by atoms with Gasteiger partial charge < -0.3 is 15.7 Å². The molecule has 1 atom stereocenters. The third-order valence-corrected chi connectivity index (χ3v) is 3.91. The monoisotopic (exact) mass is 300 g/mol. The maximum absolute atomic E-state index is 12.3. The van der Waals surface area contributed by atoms with Crippen LogP contribution >= 0.6 is 0 Å². The fraction of sp³-hybridized carbons (Fsp3) is 0.800. The van der Waals surface area contributed by atoms with Crippen LogP contribution < -0.4 is 10.6 Å². The van der Waals surface area contributed by atoms with Gasteiger partial charge in [0.1, 0.15) is 5.78 Å². The van der Waals surface area contributed by atoms with Crippen LogP contribution in [-0.2, 0) is 14.4 Å². The molecule has 0 aromatic heterocycles. The summed E-state index contributed by atoms with van der Waals surface area (Å²) in [6, 6.07) is -0.347. The number of carboxylic acids is 1. The van der Waals surface area contributed by atoms with Gasteiger partial charge in [-0.25, -0.2) is 0 Å². The molecule has 6 nitrogen and oxygen atoms in total. The number of Topliss-reactive ketones (excluding diaryl/α,β-unsaturated/α-hetero) is 2. The molecule has 0 heterocycles. The molecule has 0 aliphatic carbocycles. The fourth-order valence-corrected chi connectivity index (χ4v) is 1.75. The van der Waals surface area contributed by atoms with Gasteiger partial charge in [-0.05, 0) is 48.1 Å². The Bertz CT molecular complexity index is 402. The van der Waals surface area contributed by atoms with E-state index in [1.165, 1.54) is 6.92 Å². The highest BCUT2D eigenvalue weighted by Gasteiger charge is 2.32. The molecule has 0 saturated carbocycles. The molecule has 0 rings (SSSR count). The molecule has 122 valence electrons. The van der Waals surface area contributed by atoms with Crippen molar-refractivity contribution < 1.29 is 19.5 Å². The van der Waals surface area contributed by atoms with E-state index in [-0.39, 0.29) is 30.4 Å². The Balaban J connectivity index is 4.94. The van der Waals surface area contributed by atoms with E-state index in [4.69, 9.17) is 5.11 Å². The summed E-state index contributed by atoms with van der Waals surface area (Å²) in [5, 5.41) is 14.9. The minimum atomic E-state index is -0.914. The molecule has 0 aliphatic heterocycles. The van der Waals surface area contributed by atoms with Crippen LogP contribution in [-0.4, -0.2) is 46.8 Å². The molecule has 0 spiro atoms. The second-order valence-electron chi connectivity index (χ2n) is 6.46. The highest BCUT2D eigenvalue weighted by atomic mass is 16.4. The van der Waals surface area contributed by atoms with Gasteiger partial charge in [0.2, 0.25) is 0 Å². The van der Waals surface area contributed by atoms with Gasteiger partial charge in [0.05, 0.1) is 11.1 Å². The zero-order valence-corrected chi connectivity index (χ0v) is 13.9. The maximum atomic E-state index is 12.3. The molecule has 0 radical (unpaired) electrons. The van der Waals surface area contributed by atoms with Gasteiger partial charge in [0, 0.05) is 18.9 Å². The van der Waals surface area contributed by atoms with Crippen molar-refractivity contribution in [3.05, 3.63) is 0 Å². The van der Waals surface area contributed by atoms with Gasteiger partial charge in [-0.2, -0.15) is 0 Å². The number of carbonyl (C=O) groups excluding carboxylic acids is 2. The molecule has 3 N–H and O–H groups in total. The summed E-state index contributed by atoms with van der Waals surface area (Å²) in [6.45, 7) is 8.49. The van der Waals surface area contributed by atoms with E-state index >= 15 is 0 Å². The van der Waals surface area contributed by atoms with E-state index in [9.17, 15) is 14.4 Å². The van der Waals surface area contributed by atoms with Crippen molar-refractivity contribution in [3.63, 3.8) is 0 Å². The van der Waals surface area contributed by atoms with Crippen molar-refractivity contribution in [2.24, 2.45) is 0 Å². The smallest absolute Gasteiger partial charge is 0.303 e. The summed E-state index contributed by atoms with van der Waals surface area (Å²) in [4.78, 5) is 34.6. The Hall–Kier alpha value is -1.27. The lowest BCUT2D eigenvalue weighted by Crippen LogP contribution is -2.53. The Labute approximate surface area is 126 Å². The molecule has 21 heavy (non-hydrogen) atoms. The molecule has 0 bridgehead atoms. The number of carboxylic acid groups (broad SMARTS) is 1. The number of hydrogen-bond acceptors (Lipinski definition) is 5. The highest BCUT2D eigenvalue weighted by Crippen LogP contribution is 2.15. The second-order valence-corrected chi connectivity index (χ2v) is 6.46. The quantitative estimate of drug-likeness (QED) is 0.560. The van der Waals surface area contributed by atoms with E-state index in [2.05, 4.69) is 10.6 Å². The average Bonchev–Trinajstić information content (AvgIpc) is 2.35. The van der Waals surface area contributed by atoms with Crippen LogP contribution in [0.5, 0.6) is 0 Å². The average molecular weight is 300 g/mol. The van der Waals surface area contributed by atoms with E-state index in [1.54, 1.807) is 34.7 Å². The zero-order valence-electron chi connectivity index (χ0n) is 13.9. The number of rotatable bonds is 10. The number of aliphatic carboxylic acids is 1. The topological polar surface area (TPSA) is 95.5 Å². The molecule has 0 aliphatic rings. The number of nitrogens with one attached hydrogen (secondary N) is 2. The van der Waals surface area contributed by atoms with Crippen molar-refractivity contribution >= 4 is 17.5 Å². The summed E-state index contributed by atoms with van der Waals surface area (Å²) in [5.74, 6) is -0.988. The number of ketones is 2. The van der Waals surface area contributed by atoms with Crippen LogP contribution in [0, 0.1) is 0 Å². The van der Waals surface area contributed by atoms with E-state index in [0.717, 1.165) is 0 Å². The number of likely N-dealkylation sites (N-methyl/N-ethyl adjacent to an activating group) is 1. The van der Waals surface area contributed by atoms with Crippen LogP contribution in [0.3, 0.4) is 0 Å². The standard InChI is InChI=1S/C15H28N2O4/c1-10(18)14(2,3)17-11(7-8-13(20)21)9-12(19)15(4,5)16-6/h11,16-17H,7-9H2,1-6H3,(H,20,21). The predicted octanol–water partition coefficient (Wildman–Crippen LogP) is 1.13. The van der Waals surface area contributed by atoms with Crippen LogP contribution in [0.1, 0.15) is 53.9 Å². The first kappa shape index (κ1) is 19.7. The second kappa shape index (κ2) is 7.66. The molecular weight excluding hydrogens is 272 g/mol. The Morgan fingerprint density at radius 3 is 2.00 bits per heavy atom. The van der Waals surface area contributed by atoms with Crippen molar-refractivity contribution in [2.75, 3.05) is 7.05 Å². The first-order valence-electron chi connectivity index (χ1n) is 7.15. The first-order valence-corrected chi connectivity index (χ1v) is 7.15. The molecule has 0 aromatic rings. The minimum absolute atomic E-state index is 0.0211. The summed E-state index contributed by atoms with van der Waals surface area (Å²) in [7, 11) is 1.71. The third-order valence-electron chi connectivity index (χ3n) is 3.91. The molecule has 1 unspecified atom stereocenters. The van der Waals surface area contributed by atoms with Crippen LogP contribution in [0.25, 0.3) is 0 Å². The van der Waals surface area contributed by atoms with Crippen molar-refractivity contribution in [2.45, 2.75) is 71.0 Å². The summed E-state index contributed by atoms with van der Waals surface area (Å²) >= 11 is 0. The van der Waals surface area contributed by atoms with Crippen molar-refractivity contribution in [1.82, 2.24) is 10.6 Å². The predicted molar refractivity (Wildman–Crippen MR) is 81.3 cm³/mol. The third kappa shape index (κ3) is 6.82. The molecule has 0 aromatic carbocycles. The van der Waals surface area contributed by atoms with Gasteiger partial charge in [-0.3, -0.25) is 14.4 Å². The van der Waals surface area contributed by atoms with E-state index in [0.29, 0.717) is 6.42 Å². The maximum Gasteiger partial charge on any atom is 0.303 e. The lowest BCUT2D eigenvalue weighted by molar-refractivity contribution is -0.137. The van der Waals surface area contributed by atoms with E-state index in [1.807, 2.05) is 0 Å². The molecular formula is C15H28N2O4. The van der Waals surface area contributed by atoms with Gasteiger partial charge in [-0.15, -0.1) is 0 Å². The summed E-state index contributed by atoms with van der Waals surface area (Å²) < 4.78 is 0. The Morgan fingerprint density at radius 2 is 1.62 bits per heavy atom. The lowest BCUT2D eigenvalue weighted by Gasteiger charge is -2.31. The van der Waals surface area contributed by atoms with Gasteiger partial charge >= 0.3 is 5.97 Å². The first-order chi connectivity index (χ1) is 9.42. The number of hydrogen-bond donors (Lipinski definition) is 3. The van der Waals surface area contributed by atoms with Gasteiger partial charge in [0.25, 0.3) is 0 Å². The largest absolute Gasteiger partial charge is 0.481 e. The van der Waals surface area contributed by atoms with Crippen molar-refractivity contribution in [1.29, 1.82) is 0 Å². The Kier molecular flexibility index (Phi) is 7.19. The Morgan fingerprint density at radius 1 is 1.10 bits per heavy atom. The minimum Gasteiger partial charge on any atom is -0.481 e. The van der Waals surface area contributed by atoms with Crippen LogP contribution in [0.4, 0.5) is 0 Å². The van der Waals surface area contributed by atoms with Gasteiger partial charge in [-0.1, -0.05) is 0 Å². The molecule has 0 saturated heterocycles. The fourth-order valence-electron chi connectivity index (χ4n) is 1.75. The molecule has 0 fully saturated rings. The molecule has 0 amide bonds. The van der Waals surface area contributed by atoms with Crippen LogP contribution in [0.15, 0.2) is 0 Å². The zero-order chi connectivity index (χ0) is 16.8. The van der Waals surface area contributed by atoms with E-state index < -0.39 is 17.0 Å². The highest BCUT2D eigenvalue weighted by molar-refractivity contribution is 5.88. The van der Waals surface area contributed by atoms with Gasteiger partial charge in [0.15, 0.2) is 5.78 Å². The number of carbonyl (C=O) groups is 3. The summed E-state index contributed by atoms with van der Waals surface area (Å²) in [6.07, 6.45) is 0.439. The SMILES string of the molecule is CNC(C)(C)C(=O)CC(CCC(=O)O)NC(C)(C)C(C)=O. The van der Waals surface area contributed by atoms with Crippen molar-refractivity contribution in [3.8, 4) is 0 Å². The lowest BCUT2D eigenvalue weighted by atomic mass is 9.90. The molecule has 6 heteroatoms. The summed E-state index contributed by atoms with van der Waals surface area (Å²) in [5.41, 5.74) is -1.46. The normalized spacial score (nSPS) is 13.8.